The van der Waals surface area contributed by atoms with Crippen molar-refractivity contribution in [3.8, 4) is 0 Å². The van der Waals surface area contributed by atoms with Crippen molar-refractivity contribution in [1.29, 1.82) is 0 Å². The first-order valence-electron chi connectivity index (χ1n) is 10.4. The van der Waals surface area contributed by atoms with Crippen LogP contribution in [0.3, 0.4) is 0 Å². The van der Waals surface area contributed by atoms with E-state index in [0.29, 0.717) is 44.3 Å². The third-order valence-corrected chi connectivity index (χ3v) is 7.14. The number of aromatic carboxylic acids is 1. The van der Waals surface area contributed by atoms with Crippen LogP contribution in [0, 0.1) is 11.8 Å². The Hall–Kier alpha value is -1.93. The Balaban J connectivity index is 1.88. The number of hydrogen-bond acceptors (Lipinski definition) is 5. The minimum absolute atomic E-state index is 0.120. The van der Waals surface area contributed by atoms with Gasteiger partial charge in [0.05, 0.1) is 18.9 Å². The van der Waals surface area contributed by atoms with Gasteiger partial charge in [-0.2, -0.15) is 0 Å². The molecule has 1 aliphatic heterocycles. The van der Waals surface area contributed by atoms with E-state index in [1.54, 1.807) is 11.0 Å². The molecule has 160 valence electrons. The van der Waals surface area contributed by atoms with E-state index in [0.717, 1.165) is 30.6 Å². The second kappa shape index (κ2) is 9.71. The van der Waals surface area contributed by atoms with Crippen LogP contribution in [0.4, 0.5) is 5.69 Å². The van der Waals surface area contributed by atoms with E-state index in [4.69, 9.17) is 4.74 Å². The molecular weight excluding hydrogens is 392 g/mol. The number of carboxylic acids is 1. The maximum Gasteiger partial charge on any atom is 0.348 e. The summed E-state index contributed by atoms with van der Waals surface area (Å²) in [6.07, 6.45) is 4.23. The minimum Gasteiger partial charge on any atom is -0.477 e. The van der Waals surface area contributed by atoms with Crippen molar-refractivity contribution in [2.75, 3.05) is 37.7 Å². The van der Waals surface area contributed by atoms with Gasteiger partial charge in [0.2, 0.25) is 11.8 Å². The highest BCUT2D eigenvalue weighted by molar-refractivity contribution is 7.14. The molecule has 1 N–H and O–H groups in total. The van der Waals surface area contributed by atoms with Gasteiger partial charge >= 0.3 is 5.97 Å². The van der Waals surface area contributed by atoms with E-state index in [1.807, 2.05) is 6.92 Å². The van der Waals surface area contributed by atoms with Crippen LogP contribution in [0.2, 0.25) is 0 Å². The number of nitrogens with zero attached hydrogens (tertiary/aromatic N) is 2. The molecule has 1 aliphatic carbocycles. The first kappa shape index (κ1) is 21.8. The summed E-state index contributed by atoms with van der Waals surface area (Å²) in [5.41, 5.74) is 0.365. The van der Waals surface area contributed by atoms with Gasteiger partial charge in [0.25, 0.3) is 0 Å². The molecule has 2 heterocycles. The normalized spacial score (nSPS) is 22.3. The number of morpholine rings is 1. The summed E-state index contributed by atoms with van der Waals surface area (Å²) in [6.45, 7) is 5.99. The van der Waals surface area contributed by atoms with Gasteiger partial charge < -0.3 is 19.6 Å². The third-order valence-electron chi connectivity index (χ3n) is 5.89. The summed E-state index contributed by atoms with van der Waals surface area (Å²) >= 11 is 1.18. The standard InChI is InChI=1S/C21H30N2O5S/c1-3-16-12-17(19(29-16)21(26)27)23(13-18(24)22-8-10-28-11-9-22)20(25)15-6-4-14(2)5-7-15/h12,14-15H,3-11,13H2,1-2H3,(H,26,27). The molecular formula is C21H30N2O5S. The highest BCUT2D eigenvalue weighted by Crippen LogP contribution is 2.35. The molecule has 0 unspecified atom stereocenters. The number of thiophene rings is 1. The van der Waals surface area contributed by atoms with Crippen LogP contribution in [-0.2, 0) is 20.7 Å². The molecule has 1 aromatic rings. The van der Waals surface area contributed by atoms with Gasteiger partial charge in [-0.3, -0.25) is 9.59 Å². The van der Waals surface area contributed by atoms with Crippen LogP contribution in [0.15, 0.2) is 6.07 Å². The Morgan fingerprint density at radius 1 is 1.21 bits per heavy atom. The van der Waals surface area contributed by atoms with Gasteiger partial charge in [0.1, 0.15) is 11.4 Å². The second-order valence-electron chi connectivity index (χ2n) is 7.96. The number of hydrogen-bond donors (Lipinski definition) is 1. The van der Waals surface area contributed by atoms with Crippen molar-refractivity contribution >= 4 is 34.8 Å². The van der Waals surface area contributed by atoms with Crippen LogP contribution in [0.25, 0.3) is 0 Å². The molecule has 29 heavy (non-hydrogen) atoms. The first-order valence-corrected chi connectivity index (χ1v) is 11.2. The number of amides is 2. The van der Waals surface area contributed by atoms with E-state index in [1.165, 1.54) is 16.2 Å². The fraction of sp³-hybridized carbons (Fsp3) is 0.667. The molecule has 0 radical (unpaired) electrons. The molecule has 0 spiro atoms. The highest BCUT2D eigenvalue weighted by atomic mass is 32.1. The predicted octanol–water partition coefficient (Wildman–Crippen LogP) is 3.03. The molecule has 0 bridgehead atoms. The van der Waals surface area contributed by atoms with Crippen LogP contribution in [0.1, 0.15) is 54.1 Å². The topological polar surface area (TPSA) is 87.2 Å². The maximum atomic E-state index is 13.4. The lowest BCUT2D eigenvalue weighted by molar-refractivity contribution is -0.135. The Labute approximate surface area is 175 Å². The quantitative estimate of drug-likeness (QED) is 0.761. The van der Waals surface area contributed by atoms with Crippen molar-refractivity contribution in [2.24, 2.45) is 11.8 Å². The lowest BCUT2D eigenvalue weighted by Gasteiger charge is -2.33. The zero-order valence-corrected chi connectivity index (χ0v) is 18.0. The summed E-state index contributed by atoms with van der Waals surface area (Å²) in [6, 6.07) is 1.77. The second-order valence-corrected chi connectivity index (χ2v) is 9.10. The average Bonchev–Trinajstić information content (AvgIpc) is 3.17. The average molecular weight is 423 g/mol. The van der Waals surface area contributed by atoms with E-state index < -0.39 is 5.97 Å². The summed E-state index contributed by atoms with van der Waals surface area (Å²) in [7, 11) is 0. The molecule has 1 saturated carbocycles. The molecule has 2 amide bonds. The van der Waals surface area contributed by atoms with Gasteiger partial charge in [-0.1, -0.05) is 13.8 Å². The molecule has 8 heteroatoms. The summed E-state index contributed by atoms with van der Waals surface area (Å²) in [4.78, 5) is 42.4. The largest absolute Gasteiger partial charge is 0.477 e. The lowest BCUT2D eigenvalue weighted by atomic mass is 9.82. The van der Waals surface area contributed by atoms with Crippen LogP contribution < -0.4 is 4.90 Å². The van der Waals surface area contributed by atoms with Crippen molar-refractivity contribution in [3.05, 3.63) is 15.8 Å². The number of carbonyl (C=O) groups is 3. The third kappa shape index (κ3) is 5.17. The van der Waals surface area contributed by atoms with Crippen molar-refractivity contribution in [2.45, 2.75) is 46.0 Å². The minimum atomic E-state index is -1.06. The summed E-state index contributed by atoms with van der Waals surface area (Å²) in [5, 5.41) is 9.69. The summed E-state index contributed by atoms with van der Waals surface area (Å²) < 4.78 is 5.31. The van der Waals surface area contributed by atoms with Gasteiger partial charge in [-0.05, 0) is 44.1 Å². The van der Waals surface area contributed by atoms with Gasteiger partial charge in [-0.25, -0.2) is 4.79 Å². The lowest BCUT2D eigenvalue weighted by Crippen LogP contribution is -2.48. The number of rotatable bonds is 6. The monoisotopic (exact) mass is 422 g/mol. The molecule has 3 rings (SSSR count). The SMILES string of the molecule is CCc1cc(N(CC(=O)N2CCOCC2)C(=O)C2CCC(C)CC2)c(C(=O)O)s1. The Bertz CT molecular complexity index is 748. The number of ether oxygens (including phenoxy) is 1. The highest BCUT2D eigenvalue weighted by Gasteiger charge is 2.34. The Morgan fingerprint density at radius 3 is 2.45 bits per heavy atom. The Morgan fingerprint density at radius 2 is 1.86 bits per heavy atom. The molecule has 2 aliphatic rings. The van der Waals surface area contributed by atoms with Crippen LogP contribution in [-0.4, -0.2) is 60.6 Å². The van der Waals surface area contributed by atoms with Gasteiger partial charge in [0, 0.05) is 23.9 Å². The molecule has 2 fully saturated rings. The fourth-order valence-electron chi connectivity index (χ4n) is 4.02. The van der Waals surface area contributed by atoms with Gasteiger partial charge in [-0.15, -0.1) is 11.3 Å². The zero-order valence-electron chi connectivity index (χ0n) is 17.2. The van der Waals surface area contributed by atoms with E-state index in [-0.39, 0.29) is 29.2 Å². The number of carbonyl (C=O) groups excluding carboxylic acids is 2. The fourth-order valence-corrected chi connectivity index (χ4v) is 4.95. The molecule has 7 nitrogen and oxygen atoms in total. The first-order chi connectivity index (χ1) is 13.9. The zero-order chi connectivity index (χ0) is 21.0. The molecule has 0 atom stereocenters. The van der Waals surface area contributed by atoms with E-state index >= 15 is 0 Å². The predicted molar refractivity (Wildman–Crippen MR) is 112 cm³/mol. The summed E-state index contributed by atoms with van der Waals surface area (Å²) in [5.74, 6) is -0.897. The van der Waals surface area contributed by atoms with E-state index in [2.05, 4.69) is 6.92 Å². The van der Waals surface area contributed by atoms with Crippen LogP contribution in [0.5, 0.6) is 0 Å². The van der Waals surface area contributed by atoms with Crippen molar-refractivity contribution in [1.82, 2.24) is 4.90 Å². The number of carboxylic acid groups (broad SMARTS) is 1. The Kier molecular flexibility index (Phi) is 7.29. The van der Waals surface area contributed by atoms with Crippen molar-refractivity contribution in [3.63, 3.8) is 0 Å². The molecule has 1 saturated heterocycles. The number of anilines is 1. The van der Waals surface area contributed by atoms with Crippen LogP contribution >= 0.6 is 11.3 Å². The van der Waals surface area contributed by atoms with E-state index in [9.17, 15) is 19.5 Å². The molecule has 0 aromatic carbocycles. The van der Waals surface area contributed by atoms with Gasteiger partial charge in [0.15, 0.2) is 0 Å². The van der Waals surface area contributed by atoms with Crippen molar-refractivity contribution < 1.29 is 24.2 Å². The smallest absolute Gasteiger partial charge is 0.348 e. The maximum absolute atomic E-state index is 13.4. The molecule has 1 aromatic heterocycles. The number of aryl methyl sites for hydroxylation is 1.